The highest BCUT2D eigenvalue weighted by molar-refractivity contribution is 5.85. The van der Waals surface area contributed by atoms with Crippen molar-refractivity contribution in [1.82, 2.24) is 5.32 Å². The molecule has 1 aliphatic heterocycles. The smallest absolute Gasteiger partial charge is 0.0937 e. The summed E-state index contributed by atoms with van der Waals surface area (Å²) in [6.45, 7) is 1.87. The van der Waals surface area contributed by atoms with Crippen LogP contribution in [0.1, 0.15) is 12.8 Å². The molecular weight excluding hydrogens is 165 g/mol. The van der Waals surface area contributed by atoms with Gasteiger partial charge in [-0.25, -0.2) is 0 Å². The van der Waals surface area contributed by atoms with Gasteiger partial charge in [-0.3, -0.25) is 4.39 Å². The topological polar surface area (TPSA) is 12.0 Å². The molecule has 1 nitrogen and oxygen atoms in total. The van der Waals surface area contributed by atoms with Gasteiger partial charge in [0.2, 0.25) is 0 Å². The third-order valence-electron chi connectivity index (χ3n) is 2.82. The van der Waals surface area contributed by atoms with Crippen molar-refractivity contribution in [2.24, 2.45) is 17.8 Å². The molecule has 3 heteroatoms. The maximum atomic E-state index is 12.3. The second-order valence-corrected chi connectivity index (χ2v) is 3.57. The third-order valence-corrected chi connectivity index (χ3v) is 2.82. The molecule has 0 amide bonds. The van der Waals surface area contributed by atoms with Crippen LogP contribution in [0, 0.1) is 17.8 Å². The molecule has 1 N–H and O–H groups in total. The van der Waals surface area contributed by atoms with E-state index < -0.39 is 0 Å². The molecule has 2 rings (SSSR count). The second-order valence-electron chi connectivity index (χ2n) is 3.57. The van der Waals surface area contributed by atoms with Crippen LogP contribution in [0.4, 0.5) is 4.39 Å². The van der Waals surface area contributed by atoms with Crippen LogP contribution in [-0.2, 0) is 0 Å². The predicted molar refractivity (Wildman–Crippen MR) is 45.8 cm³/mol. The first-order valence-electron chi connectivity index (χ1n) is 4.18. The molecule has 1 aliphatic carbocycles. The molecule has 0 radical (unpaired) electrons. The van der Waals surface area contributed by atoms with Gasteiger partial charge < -0.3 is 5.32 Å². The number of alkyl halides is 1. The highest BCUT2D eigenvalue weighted by Gasteiger charge is 2.38. The fourth-order valence-corrected chi connectivity index (χ4v) is 2.00. The molecule has 1 heterocycles. The van der Waals surface area contributed by atoms with Gasteiger partial charge in [0.05, 0.1) is 6.67 Å². The van der Waals surface area contributed by atoms with E-state index >= 15 is 0 Å². The quantitative estimate of drug-likeness (QED) is 0.680. The third kappa shape index (κ3) is 1.85. The average Bonchev–Trinajstić information content (AvgIpc) is 2.69. The maximum absolute atomic E-state index is 12.3. The van der Waals surface area contributed by atoms with Crippen LogP contribution in [0.15, 0.2) is 0 Å². The first kappa shape index (κ1) is 9.27. The summed E-state index contributed by atoms with van der Waals surface area (Å²) >= 11 is 0. The van der Waals surface area contributed by atoms with E-state index in [-0.39, 0.29) is 19.1 Å². The Morgan fingerprint density at radius 2 is 2.00 bits per heavy atom. The standard InChI is InChI=1S/C8H14FN.ClH/c9-3-7-4-10-5-8(7)6-1-2-6;/h6-8,10H,1-5H2;1H. The van der Waals surface area contributed by atoms with Gasteiger partial charge in [-0.05, 0) is 31.2 Å². The van der Waals surface area contributed by atoms with Crippen molar-refractivity contribution in [1.29, 1.82) is 0 Å². The minimum Gasteiger partial charge on any atom is -0.316 e. The lowest BCUT2D eigenvalue weighted by atomic mass is 9.93. The molecule has 0 aromatic rings. The summed E-state index contributed by atoms with van der Waals surface area (Å²) < 4.78 is 12.3. The summed E-state index contributed by atoms with van der Waals surface area (Å²) in [5.74, 6) is 1.88. The zero-order valence-corrected chi connectivity index (χ0v) is 7.37. The number of halogens is 2. The van der Waals surface area contributed by atoms with Gasteiger partial charge in [-0.15, -0.1) is 12.4 Å². The Kier molecular flexibility index (Phi) is 3.14. The lowest BCUT2D eigenvalue weighted by molar-refractivity contribution is 0.292. The number of nitrogens with one attached hydrogen (secondary N) is 1. The summed E-state index contributed by atoms with van der Waals surface area (Å²) in [7, 11) is 0. The van der Waals surface area contributed by atoms with Gasteiger partial charge in [0.15, 0.2) is 0 Å². The van der Waals surface area contributed by atoms with E-state index in [0.717, 1.165) is 19.0 Å². The Morgan fingerprint density at radius 3 is 2.55 bits per heavy atom. The van der Waals surface area contributed by atoms with Gasteiger partial charge in [0, 0.05) is 12.5 Å². The lowest BCUT2D eigenvalue weighted by Crippen LogP contribution is -2.15. The van der Waals surface area contributed by atoms with E-state index in [1.165, 1.54) is 12.8 Å². The van der Waals surface area contributed by atoms with E-state index in [4.69, 9.17) is 0 Å². The van der Waals surface area contributed by atoms with Crippen LogP contribution in [0.5, 0.6) is 0 Å². The fourth-order valence-electron chi connectivity index (χ4n) is 2.00. The van der Waals surface area contributed by atoms with E-state index in [9.17, 15) is 4.39 Å². The highest BCUT2D eigenvalue weighted by Crippen LogP contribution is 2.41. The highest BCUT2D eigenvalue weighted by atomic mass is 35.5. The summed E-state index contributed by atoms with van der Waals surface area (Å²) in [5, 5.41) is 3.25. The van der Waals surface area contributed by atoms with Crippen molar-refractivity contribution in [3.63, 3.8) is 0 Å². The van der Waals surface area contributed by atoms with Crippen molar-refractivity contribution in [2.75, 3.05) is 19.8 Å². The van der Waals surface area contributed by atoms with Crippen molar-refractivity contribution in [2.45, 2.75) is 12.8 Å². The number of hydrogen-bond acceptors (Lipinski definition) is 1. The molecule has 2 atom stereocenters. The van der Waals surface area contributed by atoms with Crippen LogP contribution < -0.4 is 5.32 Å². The van der Waals surface area contributed by atoms with Crippen molar-refractivity contribution in [3.8, 4) is 0 Å². The Bertz CT molecular complexity index is 127. The molecular formula is C8H15ClFN. The molecule has 11 heavy (non-hydrogen) atoms. The first-order chi connectivity index (χ1) is 4.92. The van der Waals surface area contributed by atoms with Crippen LogP contribution in [-0.4, -0.2) is 19.8 Å². The fraction of sp³-hybridized carbons (Fsp3) is 1.00. The molecule has 0 bridgehead atoms. The Hall–Kier alpha value is 0.180. The summed E-state index contributed by atoms with van der Waals surface area (Å²) in [5.41, 5.74) is 0. The summed E-state index contributed by atoms with van der Waals surface area (Å²) in [6, 6.07) is 0. The minimum atomic E-state index is -0.117. The number of hydrogen-bond donors (Lipinski definition) is 1. The lowest BCUT2D eigenvalue weighted by Gasteiger charge is -2.12. The van der Waals surface area contributed by atoms with Gasteiger partial charge in [0.1, 0.15) is 0 Å². The van der Waals surface area contributed by atoms with Gasteiger partial charge in [-0.1, -0.05) is 0 Å². The molecule has 2 fully saturated rings. The molecule has 0 spiro atoms. The molecule has 66 valence electrons. The van der Waals surface area contributed by atoms with E-state index in [1.807, 2.05) is 0 Å². The molecule has 2 aliphatic rings. The molecule has 1 saturated heterocycles. The zero-order valence-electron chi connectivity index (χ0n) is 6.55. The van der Waals surface area contributed by atoms with Crippen molar-refractivity contribution >= 4 is 12.4 Å². The van der Waals surface area contributed by atoms with E-state index in [2.05, 4.69) is 5.32 Å². The van der Waals surface area contributed by atoms with Crippen LogP contribution in [0.2, 0.25) is 0 Å². The van der Waals surface area contributed by atoms with Gasteiger partial charge in [0.25, 0.3) is 0 Å². The zero-order chi connectivity index (χ0) is 6.97. The molecule has 0 aromatic heterocycles. The normalized spacial score (nSPS) is 36.8. The predicted octanol–water partition coefficient (Wildman–Crippen LogP) is 1.62. The average molecular weight is 180 g/mol. The Labute approximate surface area is 73.2 Å². The summed E-state index contributed by atoms with van der Waals surface area (Å²) in [4.78, 5) is 0. The monoisotopic (exact) mass is 179 g/mol. The SMILES string of the molecule is Cl.FCC1CNCC1C1CC1. The first-order valence-corrected chi connectivity index (χ1v) is 4.18. The van der Waals surface area contributed by atoms with Crippen LogP contribution in [0.25, 0.3) is 0 Å². The number of rotatable bonds is 2. The Balaban J connectivity index is 0.000000605. The van der Waals surface area contributed by atoms with Gasteiger partial charge in [-0.2, -0.15) is 0 Å². The van der Waals surface area contributed by atoms with Crippen LogP contribution >= 0.6 is 12.4 Å². The largest absolute Gasteiger partial charge is 0.316 e. The molecule has 1 saturated carbocycles. The van der Waals surface area contributed by atoms with Gasteiger partial charge >= 0.3 is 0 Å². The van der Waals surface area contributed by atoms with E-state index in [1.54, 1.807) is 0 Å². The van der Waals surface area contributed by atoms with Crippen molar-refractivity contribution in [3.05, 3.63) is 0 Å². The minimum absolute atomic E-state index is 0. The van der Waals surface area contributed by atoms with E-state index in [0.29, 0.717) is 11.8 Å². The van der Waals surface area contributed by atoms with Crippen LogP contribution in [0.3, 0.4) is 0 Å². The molecule has 2 unspecified atom stereocenters. The van der Waals surface area contributed by atoms with Crippen molar-refractivity contribution < 1.29 is 4.39 Å². The molecule has 0 aromatic carbocycles. The second kappa shape index (κ2) is 3.72. The maximum Gasteiger partial charge on any atom is 0.0937 e. The Morgan fingerprint density at radius 1 is 1.27 bits per heavy atom. The summed E-state index contributed by atoms with van der Waals surface area (Å²) in [6.07, 6.45) is 2.70.